The zero-order chi connectivity index (χ0) is 15.8. The second kappa shape index (κ2) is 5.44. The molecule has 0 atom stereocenters. The molecule has 4 rings (SSSR count). The Morgan fingerprint density at radius 3 is 3.04 bits per heavy atom. The molecule has 116 valence electrons. The van der Waals surface area contributed by atoms with Gasteiger partial charge in [-0.15, -0.1) is 5.10 Å². The highest BCUT2D eigenvalue weighted by atomic mass is 19.1. The van der Waals surface area contributed by atoms with E-state index in [0.717, 1.165) is 0 Å². The van der Waals surface area contributed by atoms with Crippen LogP contribution in [0.15, 0.2) is 41.2 Å². The lowest BCUT2D eigenvalue weighted by molar-refractivity contribution is -0.0173. The van der Waals surface area contributed by atoms with Gasteiger partial charge >= 0.3 is 0 Å². The Labute approximate surface area is 130 Å². The predicted octanol–water partition coefficient (Wildman–Crippen LogP) is 1.85. The fraction of sp³-hybridized carbons (Fsp3) is 0.188. The minimum atomic E-state index is -0.408. The van der Waals surface area contributed by atoms with E-state index in [1.807, 2.05) is 0 Å². The van der Waals surface area contributed by atoms with Gasteiger partial charge in [-0.3, -0.25) is 4.79 Å². The standard InChI is InChI=1S/C16H12FN3O3/c17-12-5-10(15-11(6-12)8-22-9-23-15)7-20-16(21)13-3-1-2-4-14(13)18-19-20/h1-6H,7-9H2. The predicted molar refractivity (Wildman–Crippen MR) is 79.6 cm³/mol. The van der Waals surface area contributed by atoms with Gasteiger partial charge in [0.25, 0.3) is 5.56 Å². The number of nitrogens with zero attached hydrogens (tertiary/aromatic N) is 3. The normalized spacial score (nSPS) is 13.6. The van der Waals surface area contributed by atoms with Crippen LogP contribution in [-0.4, -0.2) is 21.8 Å². The van der Waals surface area contributed by atoms with E-state index in [1.54, 1.807) is 24.3 Å². The van der Waals surface area contributed by atoms with Gasteiger partial charge in [0, 0.05) is 11.1 Å². The summed E-state index contributed by atoms with van der Waals surface area (Å²) >= 11 is 0. The molecule has 2 aromatic carbocycles. The SMILES string of the molecule is O=c1c2ccccc2nnn1Cc1cc(F)cc2c1OCOC2. The van der Waals surface area contributed by atoms with Crippen LogP contribution in [-0.2, 0) is 17.9 Å². The fourth-order valence-electron chi connectivity index (χ4n) is 2.66. The van der Waals surface area contributed by atoms with Crippen molar-refractivity contribution in [3.8, 4) is 5.75 Å². The Balaban J connectivity index is 1.81. The smallest absolute Gasteiger partial charge is 0.277 e. The van der Waals surface area contributed by atoms with Crippen LogP contribution in [0.4, 0.5) is 4.39 Å². The van der Waals surface area contributed by atoms with Gasteiger partial charge in [0.1, 0.15) is 17.1 Å². The summed E-state index contributed by atoms with van der Waals surface area (Å²) < 4.78 is 25.6. The first-order valence-corrected chi connectivity index (χ1v) is 7.07. The van der Waals surface area contributed by atoms with Crippen molar-refractivity contribution in [3.63, 3.8) is 0 Å². The van der Waals surface area contributed by atoms with Crippen molar-refractivity contribution in [1.29, 1.82) is 0 Å². The van der Waals surface area contributed by atoms with Crippen LogP contribution in [0.3, 0.4) is 0 Å². The van der Waals surface area contributed by atoms with Gasteiger partial charge in [-0.25, -0.2) is 9.07 Å². The van der Waals surface area contributed by atoms with Crippen molar-refractivity contribution in [2.45, 2.75) is 13.2 Å². The molecule has 0 radical (unpaired) electrons. The highest BCUT2D eigenvalue weighted by Crippen LogP contribution is 2.29. The van der Waals surface area contributed by atoms with Gasteiger partial charge in [-0.2, -0.15) is 0 Å². The summed E-state index contributed by atoms with van der Waals surface area (Å²) in [7, 11) is 0. The molecule has 0 saturated carbocycles. The number of halogens is 1. The van der Waals surface area contributed by atoms with Crippen LogP contribution in [0.25, 0.3) is 10.9 Å². The molecule has 0 N–H and O–H groups in total. The van der Waals surface area contributed by atoms with Crippen LogP contribution < -0.4 is 10.3 Å². The Kier molecular flexibility index (Phi) is 3.27. The lowest BCUT2D eigenvalue weighted by atomic mass is 10.1. The van der Waals surface area contributed by atoms with Gasteiger partial charge < -0.3 is 9.47 Å². The van der Waals surface area contributed by atoms with Gasteiger partial charge in [-0.05, 0) is 24.3 Å². The molecular formula is C16H12FN3O3. The molecule has 0 aliphatic carbocycles. The molecule has 2 heterocycles. The molecule has 1 aromatic heterocycles. The van der Waals surface area contributed by atoms with Crippen molar-refractivity contribution in [2.24, 2.45) is 0 Å². The fourth-order valence-corrected chi connectivity index (χ4v) is 2.66. The largest absolute Gasteiger partial charge is 0.467 e. The van der Waals surface area contributed by atoms with Gasteiger partial charge in [-0.1, -0.05) is 17.3 Å². The number of aromatic nitrogens is 3. The second-order valence-electron chi connectivity index (χ2n) is 5.23. The molecule has 0 fully saturated rings. The van der Waals surface area contributed by atoms with Crippen LogP contribution in [0, 0.1) is 5.82 Å². The molecule has 0 unspecified atom stereocenters. The Bertz CT molecular complexity index is 955. The Morgan fingerprint density at radius 1 is 1.26 bits per heavy atom. The monoisotopic (exact) mass is 313 g/mol. The van der Waals surface area contributed by atoms with E-state index in [1.165, 1.54) is 16.8 Å². The number of hydrogen-bond donors (Lipinski definition) is 0. The summed E-state index contributed by atoms with van der Waals surface area (Å²) in [5.74, 6) is 0.133. The van der Waals surface area contributed by atoms with Crippen LogP contribution >= 0.6 is 0 Å². The highest BCUT2D eigenvalue weighted by molar-refractivity contribution is 5.76. The van der Waals surface area contributed by atoms with Gasteiger partial charge in [0.15, 0.2) is 6.79 Å². The Morgan fingerprint density at radius 2 is 2.13 bits per heavy atom. The maximum absolute atomic E-state index is 13.8. The van der Waals surface area contributed by atoms with Crippen LogP contribution in [0.5, 0.6) is 5.75 Å². The molecule has 23 heavy (non-hydrogen) atoms. The third-order valence-electron chi connectivity index (χ3n) is 3.70. The summed E-state index contributed by atoms with van der Waals surface area (Å²) in [5.41, 5.74) is 1.41. The quantitative estimate of drug-likeness (QED) is 0.722. The number of ether oxygens (including phenoxy) is 2. The van der Waals surface area contributed by atoms with E-state index in [9.17, 15) is 9.18 Å². The average molecular weight is 313 g/mol. The third kappa shape index (κ3) is 2.44. The lowest BCUT2D eigenvalue weighted by Crippen LogP contribution is -2.25. The summed E-state index contributed by atoms with van der Waals surface area (Å²) in [6.07, 6.45) is 0. The molecule has 0 saturated heterocycles. The lowest BCUT2D eigenvalue weighted by Gasteiger charge is -2.20. The second-order valence-corrected chi connectivity index (χ2v) is 5.23. The summed E-state index contributed by atoms with van der Waals surface area (Å²) in [6.45, 7) is 0.457. The van der Waals surface area contributed by atoms with E-state index >= 15 is 0 Å². The first-order chi connectivity index (χ1) is 11.2. The molecule has 0 spiro atoms. The average Bonchev–Trinajstić information content (AvgIpc) is 2.57. The summed E-state index contributed by atoms with van der Waals surface area (Å²) in [6, 6.07) is 9.67. The zero-order valence-corrected chi connectivity index (χ0v) is 12.0. The van der Waals surface area contributed by atoms with Gasteiger partial charge in [0.05, 0.1) is 18.5 Å². The zero-order valence-electron chi connectivity index (χ0n) is 12.0. The number of fused-ring (bicyclic) bond motifs is 2. The maximum atomic E-state index is 13.8. The minimum absolute atomic E-state index is 0.0801. The first-order valence-electron chi connectivity index (χ1n) is 7.07. The van der Waals surface area contributed by atoms with Crippen molar-refractivity contribution < 1.29 is 13.9 Å². The molecule has 7 heteroatoms. The van der Waals surface area contributed by atoms with E-state index in [-0.39, 0.29) is 25.5 Å². The van der Waals surface area contributed by atoms with E-state index in [4.69, 9.17) is 9.47 Å². The molecule has 0 bridgehead atoms. The van der Waals surface area contributed by atoms with E-state index < -0.39 is 5.82 Å². The summed E-state index contributed by atoms with van der Waals surface area (Å²) in [4.78, 5) is 12.5. The molecular weight excluding hydrogens is 301 g/mol. The van der Waals surface area contributed by atoms with E-state index in [2.05, 4.69) is 10.3 Å². The van der Waals surface area contributed by atoms with Gasteiger partial charge in [0.2, 0.25) is 0 Å². The van der Waals surface area contributed by atoms with Crippen molar-refractivity contribution >= 4 is 10.9 Å². The highest BCUT2D eigenvalue weighted by Gasteiger charge is 2.18. The molecule has 0 amide bonds. The van der Waals surface area contributed by atoms with Crippen LogP contribution in [0.2, 0.25) is 0 Å². The molecule has 6 nitrogen and oxygen atoms in total. The van der Waals surface area contributed by atoms with E-state index in [0.29, 0.717) is 27.8 Å². The van der Waals surface area contributed by atoms with Crippen LogP contribution in [0.1, 0.15) is 11.1 Å². The number of rotatable bonds is 2. The summed E-state index contributed by atoms with van der Waals surface area (Å²) in [5, 5.41) is 8.42. The minimum Gasteiger partial charge on any atom is -0.467 e. The Hall–Kier alpha value is -2.80. The number of benzene rings is 2. The molecule has 3 aromatic rings. The number of hydrogen-bond acceptors (Lipinski definition) is 5. The third-order valence-corrected chi connectivity index (χ3v) is 3.70. The van der Waals surface area contributed by atoms with Crippen molar-refractivity contribution in [1.82, 2.24) is 15.0 Å². The topological polar surface area (TPSA) is 66.2 Å². The first kappa shape index (κ1) is 13.8. The van der Waals surface area contributed by atoms with Crippen molar-refractivity contribution in [3.05, 3.63) is 63.7 Å². The van der Waals surface area contributed by atoms with Crippen molar-refractivity contribution in [2.75, 3.05) is 6.79 Å². The molecule has 1 aliphatic rings. The molecule has 1 aliphatic heterocycles. The maximum Gasteiger partial charge on any atom is 0.277 e.